The van der Waals surface area contributed by atoms with E-state index < -0.39 is 28.6 Å². The highest BCUT2D eigenvalue weighted by atomic mass is 35.5. The number of hydrogen-bond acceptors (Lipinski definition) is 6. The van der Waals surface area contributed by atoms with Gasteiger partial charge in [-0.2, -0.15) is 0 Å². The van der Waals surface area contributed by atoms with Crippen LogP contribution in [0, 0.1) is 11.6 Å². The Morgan fingerprint density at radius 3 is 2.43 bits per heavy atom. The number of rotatable bonds is 3. The molecule has 0 amide bonds. The summed E-state index contributed by atoms with van der Waals surface area (Å²) in [5, 5.41) is -0.477. The van der Waals surface area contributed by atoms with Crippen molar-refractivity contribution < 1.29 is 32.6 Å². The van der Waals surface area contributed by atoms with E-state index in [0.717, 1.165) is 31.3 Å². The number of anilines is 1. The first-order valence-electron chi connectivity index (χ1n) is 6.30. The van der Waals surface area contributed by atoms with E-state index in [2.05, 4.69) is 9.47 Å². The molecule has 23 heavy (non-hydrogen) atoms. The van der Waals surface area contributed by atoms with Crippen LogP contribution in [0.25, 0.3) is 0 Å². The summed E-state index contributed by atoms with van der Waals surface area (Å²) in [6.45, 7) is -0.378. The number of ether oxygens (including phenoxy) is 3. The highest BCUT2D eigenvalue weighted by molar-refractivity contribution is 6.31. The first kappa shape index (κ1) is 17.2. The molecule has 0 radical (unpaired) electrons. The zero-order valence-corrected chi connectivity index (χ0v) is 12.9. The second-order valence-corrected chi connectivity index (χ2v) is 4.85. The molecule has 0 bridgehead atoms. The number of carbonyl (C=O) groups is 2. The van der Waals surface area contributed by atoms with E-state index in [9.17, 15) is 18.4 Å². The topological polar surface area (TPSA) is 65.1 Å². The molecule has 0 saturated heterocycles. The third-order valence-electron chi connectivity index (χ3n) is 3.11. The van der Waals surface area contributed by atoms with Crippen LogP contribution in [0.1, 0.15) is 0 Å². The van der Waals surface area contributed by atoms with Crippen molar-refractivity contribution in [3.8, 4) is 0 Å². The van der Waals surface area contributed by atoms with Crippen LogP contribution in [0.3, 0.4) is 0 Å². The monoisotopic (exact) mass is 347 g/mol. The van der Waals surface area contributed by atoms with Crippen LogP contribution in [0.5, 0.6) is 0 Å². The summed E-state index contributed by atoms with van der Waals surface area (Å²) in [6.07, 6.45) is 0. The van der Waals surface area contributed by atoms with Gasteiger partial charge in [0, 0.05) is 11.8 Å². The fourth-order valence-electron chi connectivity index (χ4n) is 2.05. The van der Waals surface area contributed by atoms with Crippen LogP contribution in [-0.2, 0) is 23.8 Å². The van der Waals surface area contributed by atoms with Gasteiger partial charge < -0.3 is 19.1 Å². The molecule has 0 aliphatic carbocycles. The van der Waals surface area contributed by atoms with Crippen molar-refractivity contribution in [2.75, 3.05) is 32.5 Å². The Morgan fingerprint density at radius 2 is 1.87 bits per heavy atom. The number of nitrogens with zero attached hydrogens (tertiary/aromatic N) is 1. The molecule has 0 unspecified atom stereocenters. The van der Waals surface area contributed by atoms with E-state index in [1.165, 1.54) is 0 Å². The predicted molar refractivity (Wildman–Crippen MR) is 75.7 cm³/mol. The average molecular weight is 348 g/mol. The normalized spacial score (nSPS) is 14.7. The highest BCUT2D eigenvalue weighted by Gasteiger charge is 2.33. The molecule has 9 heteroatoms. The van der Waals surface area contributed by atoms with Gasteiger partial charge >= 0.3 is 11.9 Å². The summed E-state index contributed by atoms with van der Waals surface area (Å²) in [5.74, 6) is -4.08. The molecule has 0 fully saturated rings. The van der Waals surface area contributed by atoms with E-state index in [0.29, 0.717) is 0 Å². The fourth-order valence-corrected chi connectivity index (χ4v) is 2.25. The first-order chi connectivity index (χ1) is 10.9. The maximum atomic E-state index is 13.6. The zero-order chi connectivity index (χ0) is 17.1. The van der Waals surface area contributed by atoms with Gasteiger partial charge in [0.25, 0.3) is 0 Å². The number of hydrogen-bond donors (Lipinski definition) is 0. The van der Waals surface area contributed by atoms with Gasteiger partial charge in [-0.25, -0.2) is 18.4 Å². The predicted octanol–water partition coefficient (Wildman–Crippen LogP) is 2.01. The molecular formula is C14H12ClF2NO5. The van der Waals surface area contributed by atoms with Crippen LogP contribution in [0.2, 0.25) is 5.02 Å². The van der Waals surface area contributed by atoms with E-state index in [-0.39, 0.29) is 30.3 Å². The highest BCUT2D eigenvalue weighted by Crippen LogP contribution is 2.31. The van der Waals surface area contributed by atoms with E-state index in [4.69, 9.17) is 16.3 Å². The largest absolute Gasteiger partial charge is 0.466 e. The average Bonchev–Trinajstić information content (AvgIpc) is 2.57. The van der Waals surface area contributed by atoms with Crippen LogP contribution in [0.15, 0.2) is 23.4 Å². The van der Waals surface area contributed by atoms with Gasteiger partial charge in [-0.1, -0.05) is 11.6 Å². The van der Waals surface area contributed by atoms with Crippen molar-refractivity contribution in [1.82, 2.24) is 0 Å². The van der Waals surface area contributed by atoms with Gasteiger partial charge in [0.05, 0.1) is 31.4 Å². The summed E-state index contributed by atoms with van der Waals surface area (Å²) >= 11 is 5.62. The summed E-state index contributed by atoms with van der Waals surface area (Å²) in [7, 11) is 2.26. The lowest BCUT2D eigenvalue weighted by Gasteiger charge is -2.31. The Morgan fingerprint density at radius 1 is 1.22 bits per heavy atom. The van der Waals surface area contributed by atoms with Crippen molar-refractivity contribution in [2.24, 2.45) is 0 Å². The molecule has 1 aromatic rings. The SMILES string of the molecule is COC(=O)C1=C(C(=O)OC)N(c2cc(F)c(F)c(Cl)c2)COC1. The molecule has 1 heterocycles. The number of methoxy groups -OCH3 is 2. The van der Waals surface area contributed by atoms with Gasteiger partial charge in [0.2, 0.25) is 0 Å². The molecule has 1 aromatic carbocycles. The van der Waals surface area contributed by atoms with Crippen LogP contribution in [-0.4, -0.2) is 39.5 Å². The molecule has 0 atom stereocenters. The lowest BCUT2D eigenvalue weighted by molar-refractivity contribution is -0.140. The Labute approximate surface area is 135 Å². The number of halogens is 3. The standard InChI is InChI=1S/C14H12ClF2NO5/c1-21-13(19)8-5-23-6-18(12(8)14(20)22-2)7-3-9(15)11(17)10(16)4-7/h3-4H,5-6H2,1-2H3. The van der Waals surface area contributed by atoms with E-state index in [1.54, 1.807) is 0 Å². The third-order valence-corrected chi connectivity index (χ3v) is 3.39. The molecule has 0 N–H and O–H groups in total. The van der Waals surface area contributed by atoms with Crippen LogP contribution < -0.4 is 4.90 Å². The molecular weight excluding hydrogens is 336 g/mol. The molecule has 0 aromatic heterocycles. The van der Waals surface area contributed by atoms with Crippen molar-refractivity contribution in [3.63, 3.8) is 0 Å². The lowest BCUT2D eigenvalue weighted by atomic mass is 10.1. The van der Waals surface area contributed by atoms with Gasteiger partial charge in [0.15, 0.2) is 11.6 Å². The van der Waals surface area contributed by atoms with E-state index in [1.807, 2.05) is 0 Å². The number of carbonyl (C=O) groups excluding carboxylic acids is 2. The maximum absolute atomic E-state index is 13.6. The van der Waals surface area contributed by atoms with Gasteiger partial charge in [0.1, 0.15) is 12.4 Å². The van der Waals surface area contributed by atoms with Crippen LogP contribution >= 0.6 is 11.6 Å². The second-order valence-electron chi connectivity index (χ2n) is 4.44. The fraction of sp³-hybridized carbons (Fsp3) is 0.286. The van der Waals surface area contributed by atoms with Crippen molar-refractivity contribution in [3.05, 3.63) is 40.1 Å². The Balaban J connectivity index is 2.59. The van der Waals surface area contributed by atoms with Gasteiger partial charge in [-0.3, -0.25) is 0 Å². The van der Waals surface area contributed by atoms with Crippen molar-refractivity contribution in [2.45, 2.75) is 0 Å². The van der Waals surface area contributed by atoms with Crippen molar-refractivity contribution >= 4 is 29.2 Å². The van der Waals surface area contributed by atoms with Crippen LogP contribution in [0.4, 0.5) is 14.5 Å². The lowest BCUT2D eigenvalue weighted by Crippen LogP contribution is -2.38. The smallest absolute Gasteiger partial charge is 0.355 e. The molecule has 124 valence electrons. The summed E-state index contributed by atoms with van der Waals surface area (Å²) in [6, 6.07) is 1.93. The van der Waals surface area contributed by atoms with Crippen molar-refractivity contribution in [1.29, 1.82) is 0 Å². The first-order valence-corrected chi connectivity index (χ1v) is 6.68. The Hall–Kier alpha value is -2.19. The summed E-state index contributed by atoms with van der Waals surface area (Å²) in [4.78, 5) is 25.0. The zero-order valence-electron chi connectivity index (χ0n) is 12.2. The maximum Gasteiger partial charge on any atom is 0.355 e. The minimum absolute atomic E-state index is 0.0235. The molecule has 1 aliphatic heterocycles. The molecule has 1 aliphatic rings. The molecule has 2 rings (SSSR count). The Kier molecular flexibility index (Phi) is 5.17. The summed E-state index contributed by atoms with van der Waals surface area (Å²) < 4.78 is 41.4. The third kappa shape index (κ3) is 3.27. The van der Waals surface area contributed by atoms with Gasteiger partial charge in [-0.05, 0) is 6.07 Å². The Bertz CT molecular complexity index is 669. The second kappa shape index (κ2) is 6.93. The minimum atomic E-state index is -1.22. The molecule has 0 spiro atoms. The minimum Gasteiger partial charge on any atom is -0.466 e. The molecule has 0 saturated carbocycles. The van der Waals surface area contributed by atoms with E-state index >= 15 is 0 Å². The number of esters is 2. The summed E-state index contributed by atoms with van der Waals surface area (Å²) in [5.41, 5.74) is -0.269. The number of benzene rings is 1. The quantitative estimate of drug-likeness (QED) is 0.615. The van der Waals surface area contributed by atoms with Gasteiger partial charge in [-0.15, -0.1) is 0 Å². The molecule has 6 nitrogen and oxygen atoms in total.